The second kappa shape index (κ2) is 7.02. The normalized spacial score (nSPS) is 23.9. The molecule has 4 nitrogen and oxygen atoms in total. The van der Waals surface area contributed by atoms with E-state index in [2.05, 4.69) is 19.1 Å². The minimum atomic E-state index is -0.0704. The Morgan fingerprint density at radius 1 is 1.39 bits per heavy atom. The van der Waals surface area contributed by atoms with E-state index in [0.717, 1.165) is 50.9 Å². The van der Waals surface area contributed by atoms with E-state index >= 15 is 0 Å². The van der Waals surface area contributed by atoms with E-state index in [4.69, 9.17) is 9.47 Å². The number of methoxy groups -OCH3 is 1. The zero-order valence-electron chi connectivity index (χ0n) is 14.2. The fourth-order valence-corrected chi connectivity index (χ4v) is 3.80. The van der Waals surface area contributed by atoms with Crippen molar-refractivity contribution < 1.29 is 14.3 Å². The summed E-state index contributed by atoms with van der Waals surface area (Å²) in [5.41, 5.74) is 2.23. The average molecular weight is 317 g/mol. The highest BCUT2D eigenvalue weighted by molar-refractivity contribution is 5.79. The molecule has 0 radical (unpaired) electrons. The summed E-state index contributed by atoms with van der Waals surface area (Å²) in [5, 5.41) is 0. The Balaban J connectivity index is 1.55. The molecule has 1 unspecified atom stereocenters. The monoisotopic (exact) mass is 317 g/mol. The van der Waals surface area contributed by atoms with E-state index in [-0.39, 0.29) is 11.5 Å². The average Bonchev–Trinajstić information content (AvgIpc) is 2.55. The quantitative estimate of drug-likeness (QED) is 0.860. The van der Waals surface area contributed by atoms with Crippen LogP contribution in [0.25, 0.3) is 0 Å². The van der Waals surface area contributed by atoms with Crippen molar-refractivity contribution >= 4 is 5.91 Å². The van der Waals surface area contributed by atoms with Crippen molar-refractivity contribution in [2.45, 2.75) is 50.7 Å². The van der Waals surface area contributed by atoms with Crippen molar-refractivity contribution in [3.63, 3.8) is 0 Å². The first-order chi connectivity index (χ1) is 11.1. The summed E-state index contributed by atoms with van der Waals surface area (Å²) >= 11 is 0. The summed E-state index contributed by atoms with van der Waals surface area (Å²) in [6.07, 6.45) is 4.59. The zero-order valence-corrected chi connectivity index (χ0v) is 14.2. The highest BCUT2D eigenvalue weighted by Gasteiger charge is 2.41. The van der Waals surface area contributed by atoms with Crippen LogP contribution in [0, 0.1) is 6.92 Å². The maximum atomic E-state index is 12.5. The number of piperidine rings is 1. The largest absolute Gasteiger partial charge is 0.381 e. The van der Waals surface area contributed by atoms with Crippen LogP contribution >= 0.6 is 0 Å². The Bertz CT molecular complexity index is 549. The molecule has 2 fully saturated rings. The van der Waals surface area contributed by atoms with Crippen molar-refractivity contribution in [2.24, 2.45) is 0 Å². The zero-order chi connectivity index (χ0) is 16.3. The van der Waals surface area contributed by atoms with Crippen LogP contribution in [0.5, 0.6) is 0 Å². The summed E-state index contributed by atoms with van der Waals surface area (Å²) in [5.74, 6) is 0.226. The standard InChI is InChI=1S/C19H27NO3/c1-15-4-3-5-16(12-15)13-18(21)20-9-7-19(8-10-20)14-17(22-2)6-11-23-19/h3-5,12,17H,6-11,13-14H2,1-2H3. The van der Waals surface area contributed by atoms with Crippen molar-refractivity contribution in [1.29, 1.82) is 0 Å². The Morgan fingerprint density at radius 2 is 2.17 bits per heavy atom. The maximum Gasteiger partial charge on any atom is 0.226 e. The first kappa shape index (κ1) is 16.5. The summed E-state index contributed by atoms with van der Waals surface area (Å²) in [6.45, 7) is 4.42. The Morgan fingerprint density at radius 3 is 2.87 bits per heavy atom. The fourth-order valence-electron chi connectivity index (χ4n) is 3.80. The molecule has 0 bridgehead atoms. The molecule has 2 heterocycles. The lowest BCUT2D eigenvalue weighted by atomic mass is 9.83. The van der Waals surface area contributed by atoms with Crippen LogP contribution in [-0.4, -0.2) is 49.3 Å². The van der Waals surface area contributed by atoms with E-state index in [1.807, 2.05) is 17.0 Å². The summed E-state index contributed by atoms with van der Waals surface area (Å²) in [6, 6.07) is 8.20. The van der Waals surface area contributed by atoms with Gasteiger partial charge in [0, 0.05) is 33.2 Å². The minimum Gasteiger partial charge on any atom is -0.381 e. The van der Waals surface area contributed by atoms with E-state index in [1.165, 1.54) is 5.56 Å². The molecule has 0 saturated carbocycles. The molecule has 126 valence electrons. The van der Waals surface area contributed by atoms with Gasteiger partial charge < -0.3 is 14.4 Å². The van der Waals surface area contributed by atoms with Crippen LogP contribution in [-0.2, 0) is 20.7 Å². The van der Waals surface area contributed by atoms with Crippen LogP contribution in [0.3, 0.4) is 0 Å². The van der Waals surface area contributed by atoms with Gasteiger partial charge in [0.1, 0.15) is 0 Å². The number of nitrogens with zero attached hydrogens (tertiary/aromatic N) is 1. The SMILES string of the molecule is COC1CCOC2(CCN(C(=O)Cc3cccc(C)c3)CC2)C1. The van der Waals surface area contributed by atoms with Crippen molar-refractivity contribution in [3.05, 3.63) is 35.4 Å². The third kappa shape index (κ3) is 3.93. The van der Waals surface area contributed by atoms with Crippen molar-refractivity contribution in [3.8, 4) is 0 Å². The van der Waals surface area contributed by atoms with Gasteiger partial charge in [0.2, 0.25) is 5.91 Å². The number of ether oxygens (including phenoxy) is 2. The third-order valence-corrected chi connectivity index (χ3v) is 5.25. The van der Waals surface area contributed by atoms with Gasteiger partial charge in [-0.1, -0.05) is 29.8 Å². The van der Waals surface area contributed by atoms with Crippen LogP contribution in [0.2, 0.25) is 0 Å². The van der Waals surface area contributed by atoms with Crippen LogP contribution < -0.4 is 0 Å². The molecule has 23 heavy (non-hydrogen) atoms. The van der Waals surface area contributed by atoms with E-state index < -0.39 is 0 Å². The van der Waals surface area contributed by atoms with Crippen LogP contribution in [0.1, 0.15) is 36.8 Å². The van der Waals surface area contributed by atoms with Crippen LogP contribution in [0.15, 0.2) is 24.3 Å². The number of aryl methyl sites for hydroxylation is 1. The van der Waals surface area contributed by atoms with Gasteiger partial charge >= 0.3 is 0 Å². The summed E-state index contributed by atoms with van der Waals surface area (Å²) < 4.78 is 11.6. The Kier molecular flexibility index (Phi) is 5.02. The van der Waals surface area contributed by atoms with Crippen molar-refractivity contribution in [2.75, 3.05) is 26.8 Å². The number of amides is 1. The van der Waals surface area contributed by atoms with Gasteiger partial charge in [-0.15, -0.1) is 0 Å². The molecule has 0 aliphatic carbocycles. The third-order valence-electron chi connectivity index (χ3n) is 5.25. The van der Waals surface area contributed by atoms with E-state index in [9.17, 15) is 4.79 Å². The molecule has 2 aliphatic heterocycles. The van der Waals surface area contributed by atoms with Gasteiger partial charge in [-0.3, -0.25) is 4.79 Å². The lowest BCUT2D eigenvalue weighted by Crippen LogP contribution is -2.52. The summed E-state index contributed by atoms with van der Waals surface area (Å²) in [4.78, 5) is 14.5. The second-order valence-corrected chi connectivity index (χ2v) is 6.93. The number of hydrogen-bond acceptors (Lipinski definition) is 3. The number of carbonyl (C=O) groups is 1. The van der Waals surface area contributed by atoms with Crippen molar-refractivity contribution in [1.82, 2.24) is 4.90 Å². The van der Waals surface area contributed by atoms with Gasteiger partial charge in [0.05, 0.1) is 18.1 Å². The smallest absolute Gasteiger partial charge is 0.226 e. The number of likely N-dealkylation sites (tertiary alicyclic amines) is 1. The van der Waals surface area contributed by atoms with Gasteiger partial charge in [-0.05, 0) is 31.7 Å². The molecule has 3 rings (SSSR count). The van der Waals surface area contributed by atoms with Gasteiger partial charge in [-0.25, -0.2) is 0 Å². The molecular weight excluding hydrogens is 290 g/mol. The lowest BCUT2D eigenvalue weighted by Gasteiger charge is -2.45. The van der Waals surface area contributed by atoms with Gasteiger partial charge in [-0.2, -0.15) is 0 Å². The maximum absolute atomic E-state index is 12.5. The highest BCUT2D eigenvalue weighted by atomic mass is 16.5. The number of carbonyl (C=O) groups excluding carboxylic acids is 1. The topological polar surface area (TPSA) is 38.8 Å². The lowest BCUT2D eigenvalue weighted by molar-refractivity contribution is -0.157. The molecule has 0 aromatic heterocycles. The molecule has 1 amide bonds. The molecule has 1 spiro atoms. The molecule has 1 atom stereocenters. The summed E-state index contributed by atoms with van der Waals surface area (Å²) in [7, 11) is 1.78. The molecule has 1 aromatic carbocycles. The number of rotatable bonds is 3. The molecule has 4 heteroatoms. The Hall–Kier alpha value is -1.39. The predicted octanol–water partition coefficient (Wildman–Crippen LogP) is 2.72. The van der Waals surface area contributed by atoms with E-state index in [0.29, 0.717) is 12.5 Å². The van der Waals surface area contributed by atoms with Gasteiger partial charge in [0.15, 0.2) is 0 Å². The highest BCUT2D eigenvalue weighted by Crippen LogP contribution is 2.36. The van der Waals surface area contributed by atoms with E-state index in [1.54, 1.807) is 7.11 Å². The van der Waals surface area contributed by atoms with Crippen LogP contribution in [0.4, 0.5) is 0 Å². The minimum absolute atomic E-state index is 0.0704. The predicted molar refractivity (Wildman–Crippen MR) is 89.4 cm³/mol. The molecule has 2 saturated heterocycles. The number of benzene rings is 1. The molecular formula is C19H27NO3. The fraction of sp³-hybridized carbons (Fsp3) is 0.632. The first-order valence-electron chi connectivity index (χ1n) is 8.60. The molecule has 0 N–H and O–H groups in total. The second-order valence-electron chi connectivity index (χ2n) is 6.93. The molecule has 1 aromatic rings. The molecule has 2 aliphatic rings. The Labute approximate surface area is 138 Å². The first-order valence-corrected chi connectivity index (χ1v) is 8.60. The van der Waals surface area contributed by atoms with Gasteiger partial charge in [0.25, 0.3) is 0 Å². The number of hydrogen-bond donors (Lipinski definition) is 0.